The fourth-order valence-corrected chi connectivity index (χ4v) is 2.32. The van der Waals surface area contributed by atoms with E-state index in [2.05, 4.69) is 20.9 Å². The van der Waals surface area contributed by atoms with Crippen molar-refractivity contribution in [2.45, 2.75) is 4.90 Å². The summed E-state index contributed by atoms with van der Waals surface area (Å²) >= 11 is 3.28. The van der Waals surface area contributed by atoms with Gasteiger partial charge in [-0.2, -0.15) is 0 Å². The molecule has 8 heteroatoms. The maximum atomic E-state index is 10.8. The Morgan fingerprint density at radius 2 is 1.76 bits per heavy atom. The van der Waals surface area contributed by atoms with Crippen molar-refractivity contribution in [3.63, 3.8) is 0 Å². The van der Waals surface area contributed by atoms with E-state index in [0.717, 1.165) is 4.47 Å². The predicted octanol–water partition coefficient (Wildman–Crippen LogP) is -0.187. The van der Waals surface area contributed by atoms with Crippen LogP contribution in [0.5, 0.6) is 5.75 Å². The monoisotopic (exact) mass is 377 g/mol. The van der Waals surface area contributed by atoms with Crippen LogP contribution in [0, 0.1) is 0 Å². The van der Waals surface area contributed by atoms with Gasteiger partial charge in [-0.1, -0.05) is 15.9 Å². The number of phenolic OH excluding ortho intramolecular Hbond substituents is 1. The normalized spacial score (nSPS) is 11.3. The molecule has 0 aliphatic heterocycles. The molecule has 0 saturated carbocycles. The Labute approximate surface area is 152 Å². The molecule has 2 rings (SSSR count). The molecular formula is C13H9BrNNaO4S. The van der Waals surface area contributed by atoms with Gasteiger partial charge in [0.25, 0.3) is 0 Å². The molecule has 5 nitrogen and oxygen atoms in total. The van der Waals surface area contributed by atoms with Crippen LogP contribution in [0.25, 0.3) is 0 Å². The van der Waals surface area contributed by atoms with Crippen LogP contribution < -0.4 is 29.6 Å². The van der Waals surface area contributed by atoms with Crippen LogP contribution in [0.2, 0.25) is 0 Å². The fraction of sp³-hybridized carbons (Fsp3) is 0. The maximum Gasteiger partial charge on any atom is 1.00 e. The van der Waals surface area contributed by atoms with Crippen molar-refractivity contribution in [1.82, 2.24) is 0 Å². The van der Waals surface area contributed by atoms with E-state index in [1.165, 1.54) is 36.5 Å². The maximum absolute atomic E-state index is 10.8. The minimum Gasteiger partial charge on any atom is -0.744 e. The van der Waals surface area contributed by atoms with Gasteiger partial charge in [0.05, 0.1) is 10.6 Å². The van der Waals surface area contributed by atoms with E-state index in [1.54, 1.807) is 12.1 Å². The molecule has 0 aliphatic carbocycles. The summed E-state index contributed by atoms with van der Waals surface area (Å²) in [6.07, 6.45) is 1.45. The first-order valence-corrected chi connectivity index (χ1v) is 7.65. The third-order valence-electron chi connectivity index (χ3n) is 2.47. The summed E-state index contributed by atoms with van der Waals surface area (Å²) < 4.78 is 33.1. The first-order chi connectivity index (χ1) is 9.36. The number of rotatable bonds is 3. The van der Waals surface area contributed by atoms with E-state index in [0.29, 0.717) is 11.3 Å². The van der Waals surface area contributed by atoms with Crippen molar-refractivity contribution in [2.24, 2.45) is 4.99 Å². The first kappa shape index (κ1) is 18.3. The van der Waals surface area contributed by atoms with Crippen molar-refractivity contribution in [3.05, 3.63) is 52.5 Å². The molecule has 0 amide bonds. The summed E-state index contributed by atoms with van der Waals surface area (Å²) in [6.45, 7) is 0. The van der Waals surface area contributed by atoms with E-state index in [-0.39, 0.29) is 40.2 Å². The Morgan fingerprint density at radius 3 is 2.33 bits per heavy atom. The largest absolute Gasteiger partial charge is 1.00 e. The van der Waals surface area contributed by atoms with E-state index < -0.39 is 10.1 Å². The molecule has 0 spiro atoms. The van der Waals surface area contributed by atoms with Crippen molar-refractivity contribution in [3.8, 4) is 5.75 Å². The molecular weight excluding hydrogens is 369 g/mol. The van der Waals surface area contributed by atoms with E-state index >= 15 is 0 Å². The zero-order chi connectivity index (χ0) is 14.8. The smallest absolute Gasteiger partial charge is 0.744 e. The predicted molar refractivity (Wildman–Crippen MR) is 77.5 cm³/mol. The Balaban J connectivity index is 0.00000220. The van der Waals surface area contributed by atoms with Gasteiger partial charge in [0.2, 0.25) is 0 Å². The third-order valence-corrected chi connectivity index (χ3v) is 3.81. The Hall–Kier alpha value is -0.700. The van der Waals surface area contributed by atoms with Gasteiger partial charge in [-0.15, -0.1) is 0 Å². The second-order valence-electron chi connectivity index (χ2n) is 3.91. The minimum atomic E-state index is -4.45. The Kier molecular flexibility index (Phi) is 6.58. The summed E-state index contributed by atoms with van der Waals surface area (Å²) in [4.78, 5) is 3.79. The van der Waals surface area contributed by atoms with Crippen LogP contribution in [-0.4, -0.2) is 24.3 Å². The molecule has 21 heavy (non-hydrogen) atoms. The molecule has 0 unspecified atom stereocenters. The minimum absolute atomic E-state index is 0. The Morgan fingerprint density at radius 1 is 1.14 bits per heavy atom. The second kappa shape index (κ2) is 7.53. The van der Waals surface area contributed by atoms with Crippen LogP contribution in [-0.2, 0) is 10.1 Å². The molecule has 0 fully saturated rings. The average Bonchev–Trinajstić information content (AvgIpc) is 2.39. The standard InChI is InChI=1S/C13H10BrNO4S.Na/c14-10-1-6-13(16)9(7-10)8-15-11-2-4-12(5-3-11)20(17,18)19;/h1-8,16H,(H,17,18,19);/q;+1/p-1. The zero-order valence-electron chi connectivity index (χ0n) is 11.0. The molecule has 0 aliphatic rings. The third kappa shape index (κ3) is 5.21. The van der Waals surface area contributed by atoms with Gasteiger partial charge in [-0.25, -0.2) is 8.42 Å². The SMILES string of the molecule is O=S(=O)([O-])c1ccc(N=Cc2cc(Br)ccc2O)cc1.[Na+]. The van der Waals surface area contributed by atoms with Gasteiger partial charge in [-0.3, -0.25) is 4.99 Å². The van der Waals surface area contributed by atoms with E-state index in [1.807, 2.05) is 0 Å². The molecule has 104 valence electrons. The van der Waals surface area contributed by atoms with Crippen molar-refractivity contribution in [1.29, 1.82) is 0 Å². The number of phenols is 1. The molecule has 0 aromatic heterocycles. The summed E-state index contributed by atoms with van der Waals surface area (Å²) in [6, 6.07) is 10.1. The molecule has 0 radical (unpaired) electrons. The van der Waals surface area contributed by atoms with Gasteiger partial charge in [0.1, 0.15) is 15.9 Å². The second-order valence-corrected chi connectivity index (χ2v) is 6.20. The van der Waals surface area contributed by atoms with E-state index in [4.69, 9.17) is 0 Å². The molecule has 2 aromatic carbocycles. The number of hydrogen-bond acceptors (Lipinski definition) is 5. The van der Waals surface area contributed by atoms with Gasteiger partial charge < -0.3 is 9.66 Å². The fourth-order valence-electron chi connectivity index (χ4n) is 1.47. The molecule has 2 aromatic rings. The average molecular weight is 378 g/mol. The number of hydrogen-bond donors (Lipinski definition) is 1. The summed E-state index contributed by atoms with van der Waals surface area (Å²) in [5.74, 6) is 0.0794. The first-order valence-electron chi connectivity index (χ1n) is 5.45. The van der Waals surface area contributed by atoms with Crippen molar-refractivity contribution in [2.75, 3.05) is 0 Å². The van der Waals surface area contributed by atoms with Crippen LogP contribution in [0.4, 0.5) is 5.69 Å². The van der Waals surface area contributed by atoms with Crippen molar-refractivity contribution < 1.29 is 47.6 Å². The summed E-state index contributed by atoms with van der Waals surface area (Å²) in [7, 11) is -4.45. The van der Waals surface area contributed by atoms with Crippen LogP contribution in [0.3, 0.4) is 0 Å². The van der Waals surface area contributed by atoms with Gasteiger partial charge in [0.15, 0.2) is 0 Å². The van der Waals surface area contributed by atoms with Crippen LogP contribution >= 0.6 is 15.9 Å². The van der Waals surface area contributed by atoms with Gasteiger partial charge >= 0.3 is 29.6 Å². The number of nitrogens with zero attached hydrogens (tertiary/aromatic N) is 1. The molecule has 1 N–H and O–H groups in total. The number of benzene rings is 2. The topological polar surface area (TPSA) is 89.8 Å². The number of aliphatic imine (C=N–C) groups is 1. The molecule has 0 saturated heterocycles. The molecule has 0 heterocycles. The summed E-state index contributed by atoms with van der Waals surface area (Å²) in [5.41, 5.74) is 0.983. The van der Waals surface area contributed by atoms with E-state index in [9.17, 15) is 18.1 Å². The van der Waals surface area contributed by atoms with Gasteiger partial charge in [0, 0.05) is 16.3 Å². The number of aromatic hydroxyl groups is 1. The number of halogens is 1. The van der Waals surface area contributed by atoms with Crippen LogP contribution in [0.15, 0.2) is 56.8 Å². The molecule has 0 atom stereocenters. The summed E-state index contributed by atoms with van der Waals surface area (Å²) in [5, 5.41) is 9.63. The zero-order valence-corrected chi connectivity index (χ0v) is 15.4. The van der Waals surface area contributed by atoms with Crippen LogP contribution in [0.1, 0.15) is 5.56 Å². The van der Waals surface area contributed by atoms with Gasteiger partial charge in [-0.05, 0) is 42.5 Å². The van der Waals surface area contributed by atoms with Crippen molar-refractivity contribution >= 4 is 38.0 Å². The molecule has 0 bridgehead atoms. The quantitative estimate of drug-likeness (QED) is 0.456. The Bertz CT molecular complexity index is 760.